The SMILES string of the molecule is COc1ccc(-c2c(C3=CCCCC3)oc3ncnc(OC(C)CCCCC(=O)O)c23)cc1. The van der Waals surface area contributed by atoms with Crippen LogP contribution in [0.25, 0.3) is 27.8 Å². The van der Waals surface area contributed by atoms with Crippen molar-refractivity contribution in [2.24, 2.45) is 0 Å². The van der Waals surface area contributed by atoms with Gasteiger partial charge in [-0.05, 0) is 75.1 Å². The summed E-state index contributed by atoms with van der Waals surface area (Å²) < 4.78 is 17.9. The summed E-state index contributed by atoms with van der Waals surface area (Å²) in [6, 6.07) is 7.90. The van der Waals surface area contributed by atoms with Gasteiger partial charge in [0, 0.05) is 12.0 Å². The molecule has 1 unspecified atom stereocenters. The summed E-state index contributed by atoms with van der Waals surface area (Å²) in [5.74, 6) is 1.33. The molecule has 0 spiro atoms. The number of aromatic nitrogens is 2. The number of aliphatic carboxylic acids is 1. The second-order valence-electron chi connectivity index (χ2n) is 8.44. The van der Waals surface area contributed by atoms with E-state index in [9.17, 15) is 4.79 Å². The number of hydrogen-bond donors (Lipinski definition) is 1. The number of methoxy groups -OCH3 is 1. The quantitative estimate of drug-likeness (QED) is 0.364. The van der Waals surface area contributed by atoms with Gasteiger partial charge in [0.2, 0.25) is 11.6 Å². The Kier molecular flexibility index (Phi) is 7.27. The monoisotopic (exact) mass is 450 g/mol. The smallest absolute Gasteiger partial charge is 0.303 e. The zero-order valence-corrected chi connectivity index (χ0v) is 19.2. The molecule has 3 aromatic rings. The average molecular weight is 451 g/mol. The zero-order valence-electron chi connectivity index (χ0n) is 19.2. The minimum atomic E-state index is -0.770. The molecule has 0 bridgehead atoms. The van der Waals surface area contributed by atoms with Crippen molar-refractivity contribution in [3.05, 3.63) is 42.4 Å². The lowest BCUT2D eigenvalue weighted by Crippen LogP contribution is -2.13. The van der Waals surface area contributed by atoms with Crippen LogP contribution in [0, 0.1) is 0 Å². The third kappa shape index (κ3) is 5.35. The fraction of sp³-hybridized carbons (Fsp3) is 0.423. The summed E-state index contributed by atoms with van der Waals surface area (Å²) in [6.45, 7) is 1.98. The first kappa shape index (κ1) is 22.8. The predicted octanol–water partition coefficient (Wildman–Crippen LogP) is 6.27. The topological polar surface area (TPSA) is 94.7 Å². The molecule has 1 aliphatic rings. The Morgan fingerprint density at radius 3 is 2.70 bits per heavy atom. The van der Waals surface area contributed by atoms with E-state index < -0.39 is 5.97 Å². The number of allylic oxidation sites excluding steroid dienone is 2. The van der Waals surface area contributed by atoms with Crippen LogP contribution in [0.1, 0.15) is 64.1 Å². The number of furan rings is 1. The van der Waals surface area contributed by atoms with E-state index in [2.05, 4.69) is 16.0 Å². The van der Waals surface area contributed by atoms with E-state index in [0.717, 1.165) is 60.1 Å². The minimum absolute atomic E-state index is 0.118. The Morgan fingerprint density at radius 2 is 2.00 bits per heavy atom. The number of ether oxygens (including phenoxy) is 2. The number of unbranched alkanes of at least 4 members (excludes halogenated alkanes) is 1. The van der Waals surface area contributed by atoms with Gasteiger partial charge in [0.1, 0.15) is 23.2 Å². The number of benzene rings is 1. The molecule has 174 valence electrons. The molecule has 1 N–H and O–H groups in total. The van der Waals surface area contributed by atoms with E-state index in [4.69, 9.17) is 19.0 Å². The molecule has 0 radical (unpaired) electrons. The average Bonchev–Trinajstić information content (AvgIpc) is 3.23. The molecule has 33 heavy (non-hydrogen) atoms. The van der Waals surface area contributed by atoms with Crippen LogP contribution in [0.15, 0.2) is 41.1 Å². The second-order valence-corrected chi connectivity index (χ2v) is 8.44. The molecule has 0 saturated carbocycles. The molecule has 0 aliphatic heterocycles. The molecule has 4 rings (SSSR count). The normalized spacial score (nSPS) is 14.7. The lowest BCUT2D eigenvalue weighted by molar-refractivity contribution is -0.137. The number of carbonyl (C=O) groups is 1. The van der Waals surface area contributed by atoms with Crippen LogP contribution in [-0.4, -0.2) is 34.3 Å². The summed E-state index contributed by atoms with van der Waals surface area (Å²) in [5, 5.41) is 9.61. The summed E-state index contributed by atoms with van der Waals surface area (Å²) >= 11 is 0. The van der Waals surface area contributed by atoms with Crippen molar-refractivity contribution in [1.29, 1.82) is 0 Å². The Morgan fingerprint density at radius 1 is 1.18 bits per heavy atom. The largest absolute Gasteiger partial charge is 0.497 e. The molecule has 2 aromatic heterocycles. The van der Waals surface area contributed by atoms with Crippen LogP contribution >= 0.6 is 0 Å². The van der Waals surface area contributed by atoms with E-state index in [-0.39, 0.29) is 12.5 Å². The van der Waals surface area contributed by atoms with Crippen LogP contribution in [0.2, 0.25) is 0 Å². The molecular weight excluding hydrogens is 420 g/mol. The number of hydrogen-bond acceptors (Lipinski definition) is 6. The minimum Gasteiger partial charge on any atom is -0.497 e. The summed E-state index contributed by atoms with van der Waals surface area (Å²) in [6.07, 6.45) is 10.3. The number of carboxylic acid groups (broad SMARTS) is 1. The molecule has 2 heterocycles. The lowest BCUT2D eigenvalue weighted by atomic mass is 9.93. The van der Waals surface area contributed by atoms with Crippen molar-refractivity contribution in [3.63, 3.8) is 0 Å². The van der Waals surface area contributed by atoms with Crippen LogP contribution in [-0.2, 0) is 4.79 Å². The van der Waals surface area contributed by atoms with E-state index in [1.807, 2.05) is 31.2 Å². The molecule has 0 saturated heterocycles. The molecule has 0 amide bonds. The molecule has 0 fully saturated rings. The first-order valence-corrected chi connectivity index (χ1v) is 11.6. The molecule has 7 heteroatoms. The lowest BCUT2D eigenvalue weighted by Gasteiger charge is -2.15. The first-order valence-electron chi connectivity index (χ1n) is 11.6. The predicted molar refractivity (Wildman–Crippen MR) is 126 cm³/mol. The maximum absolute atomic E-state index is 10.8. The van der Waals surface area contributed by atoms with Crippen LogP contribution in [0.5, 0.6) is 11.6 Å². The zero-order chi connectivity index (χ0) is 23.2. The van der Waals surface area contributed by atoms with Crippen LogP contribution < -0.4 is 9.47 Å². The van der Waals surface area contributed by atoms with Gasteiger partial charge in [0.25, 0.3) is 0 Å². The number of nitrogens with zero attached hydrogens (tertiary/aromatic N) is 2. The van der Waals surface area contributed by atoms with Gasteiger partial charge in [-0.15, -0.1) is 0 Å². The van der Waals surface area contributed by atoms with Crippen molar-refractivity contribution in [2.75, 3.05) is 7.11 Å². The van der Waals surface area contributed by atoms with Gasteiger partial charge in [0.05, 0.1) is 13.2 Å². The van der Waals surface area contributed by atoms with E-state index >= 15 is 0 Å². The van der Waals surface area contributed by atoms with Crippen molar-refractivity contribution in [3.8, 4) is 22.8 Å². The highest BCUT2D eigenvalue weighted by Gasteiger charge is 2.25. The van der Waals surface area contributed by atoms with Crippen molar-refractivity contribution in [2.45, 2.75) is 64.4 Å². The highest BCUT2D eigenvalue weighted by atomic mass is 16.5. The molecule has 7 nitrogen and oxygen atoms in total. The third-order valence-electron chi connectivity index (χ3n) is 5.98. The van der Waals surface area contributed by atoms with Gasteiger partial charge in [-0.1, -0.05) is 18.2 Å². The second kappa shape index (κ2) is 10.5. The summed E-state index contributed by atoms with van der Waals surface area (Å²) in [5.41, 5.74) is 3.63. The van der Waals surface area contributed by atoms with E-state index in [1.54, 1.807) is 7.11 Å². The van der Waals surface area contributed by atoms with Gasteiger partial charge in [-0.25, -0.2) is 9.97 Å². The van der Waals surface area contributed by atoms with Gasteiger partial charge in [0.15, 0.2) is 0 Å². The first-order chi connectivity index (χ1) is 16.1. The fourth-order valence-electron chi connectivity index (χ4n) is 4.26. The molecule has 1 aromatic carbocycles. The summed E-state index contributed by atoms with van der Waals surface area (Å²) in [7, 11) is 1.65. The maximum Gasteiger partial charge on any atom is 0.303 e. The Labute approximate surface area is 193 Å². The molecular formula is C26H30N2O5. The molecule has 1 aliphatic carbocycles. The van der Waals surface area contributed by atoms with Crippen molar-refractivity contribution >= 4 is 22.6 Å². The van der Waals surface area contributed by atoms with E-state index in [1.165, 1.54) is 18.3 Å². The van der Waals surface area contributed by atoms with Gasteiger partial charge in [-0.3, -0.25) is 4.79 Å². The number of carboxylic acids is 1. The van der Waals surface area contributed by atoms with Crippen molar-refractivity contribution in [1.82, 2.24) is 9.97 Å². The fourth-order valence-corrected chi connectivity index (χ4v) is 4.26. The molecule has 1 atom stereocenters. The van der Waals surface area contributed by atoms with Gasteiger partial charge >= 0.3 is 5.97 Å². The Balaban J connectivity index is 1.71. The maximum atomic E-state index is 10.8. The highest BCUT2D eigenvalue weighted by Crippen LogP contribution is 2.43. The third-order valence-corrected chi connectivity index (χ3v) is 5.98. The van der Waals surface area contributed by atoms with Crippen LogP contribution in [0.3, 0.4) is 0 Å². The summed E-state index contributed by atoms with van der Waals surface area (Å²) in [4.78, 5) is 19.6. The van der Waals surface area contributed by atoms with Crippen LogP contribution in [0.4, 0.5) is 0 Å². The van der Waals surface area contributed by atoms with E-state index in [0.29, 0.717) is 18.0 Å². The number of rotatable bonds is 10. The number of fused-ring (bicyclic) bond motifs is 1. The van der Waals surface area contributed by atoms with Gasteiger partial charge in [-0.2, -0.15) is 0 Å². The standard InChI is InChI=1S/C26H30N2O5/c1-17(8-6-7-11-21(29)30)32-25-23-22(18-12-14-20(31-2)15-13-18)24(19-9-4-3-5-10-19)33-26(23)28-16-27-25/h9,12-17H,3-8,10-11H2,1-2H3,(H,29,30). The Bertz CT molecular complexity index is 1130. The Hall–Kier alpha value is -3.35. The van der Waals surface area contributed by atoms with Crippen molar-refractivity contribution < 1.29 is 23.8 Å². The highest BCUT2D eigenvalue weighted by molar-refractivity contribution is 6.01. The van der Waals surface area contributed by atoms with Gasteiger partial charge < -0.3 is 19.0 Å².